The van der Waals surface area contributed by atoms with Crippen molar-refractivity contribution < 1.29 is 18.3 Å². The zero-order valence-corrected chi connectivity index (χ0v) is 8.72. The van der Waals surface area contributed by atoms with E-state index in [0.717, 1.165) is 12.8 Å². The Morgan fingerprint density at radius 1 is 1.43 bits per heavy atom. The second-order valence-corrected chi connectivity index (χ2v) is 5.53. The number of hydrogen-bond acceptors (Lipinski definition) is 3. The van der Waals surface area contributed by atoms with Gasteiger partial charge in [-0.15, -0.1) is 0 Å². The molecule has 14 heavy (non-hydrogen) atoms. The fourth-order valence-corrected chi connectivity index (χ4v) is 2.31. The van der Waals surface area contributed by atoms with E-state index in [1.54, 1.807) is 0 Å². The molecule has 0 aliphatic heterocycles. The second-order valence-electron chi connectivity index (χ2n) is 3.61. The summed E-state index contributed by atoms with van der Waals surface area (Å²) in [5.74, 6) is -0.955. The van der Waals surface area contributed by atoms with Crippen LogP contribution in [-0.2, 0) is 14.8 Å². The number of sulfonamides is 1. The van der Waals surface area contributed by atoms with Crippen LogP contribution in [0.1, 0.15) is 25.7 Å². The molecule has 0 unspecified atom stereocenters. The summed E-state index contributed by atoms with van der Waals surface area (Å²) in [4.78, 5) is 10.2. The zero-order chi connectivity index (χ0) is 10.6. The van der Waals surface area contributed by atoms with Gasteiger partial charge in [-0.3, -0.25) is 4.79 Å². The first kappa shape index (κ1) is 11.5. The minimum absolute atomic E-state index is 0.324. The van der Waals surface area contributed by atoms with Crippen molar-refractivity contribution in [3.05, 3.63) is 0 Å². The molecule has 0 heterocycles. The summed E-state index contributed by atoms with van der Waals surface area (Å²) in [7, 11) is -3.38. The average molecular weight is 221 g/mol. The van der Waals surface area contributed by atoms with E-state index in [1.165, 1.54) is 6.42 Å². The van der Waals surface area contributed by atoms with Crippen molar-refractivity contribution in [2.24, 2.45) is 5.92 Å². The Hall–Kier alpha value is -0.620. The van der Waals surface area contributed by atoms with E-state index in [1.807, 2.05) is 0 Å². The van der Waals surface area contributed by atoms with E-state index >= 15 is 0 Å². The van der Waals surface area contributed by atoms with Crippen LogP contribution >= 0.6 is 0 Å². The molecule has 1 fully saturated rings. The Morgan fingerprint density at radius 2 is 2.07 bits per heavy atom. The van der Waals surface area contributed by atoms with Crippen molar-refractivity contribution in [3.63, 3.8) is 0 Å². The van der Waals surface area contributed by atoms with Gasteiger partial charge in [-0.1, -0.05) is 6.42 Å². The van der Waals surface area contributed by atoms with Crippen molar-refractivity contribution in [1.82, 2.24) is 4.72 Å². The fourth-order valence-electron chi connectivity index (χ4n) is 1.24. The van der Waals surface area contributed by atoms with E-state index in [0.29, 0.717) is 12.5 Å². The highest BCUT2D eigenvalue weighted by Gasteiger charge is 2.20. The number of carbonyl (C=O) groups is 1. The van der Waals surface area contributed by atoms with Crippen LogP contribution in [0.4, 0.5) is 0 Å². The van der Waals surface area contributed by atoms with Gasteiger partial charge in [-0.05, 0) is 18.8 Å². The number of nitrogens with one attached hydrogen (secondary N) is 1. The summed E-state index contributed by atoms with van der Waals surface area (Å²) in [5.41, 5.74) is 0. The maximum absolute atomic E-state index is 11.2. The molecule has 0 amide bonds. The molecule has 6 heteroatoms. The lowest BCUT2D eigenvalue weighted by molar-refractivity contribution is -0.136. The summed E-state index contributed by atoms with van der Waals surface area (Å²) < 4.78 is 24.8. The van der Waals surface area contributed by atoms with Gasteiger partial charge in [0.05, 0.1) is 12.2 Å². The van der Waals surface area contributed by atoms with Gasteiger partial charge in [0.1, 0.15) is 0 Å². The first-order chi connectivity index (χ1) is 6.49. The van der Waals surface area contributed by atoms with Gasteiger partial charge in [0, 0.05) is 6.54 Å². The third-order valence-corrected chi connectivity index (χ3v) is 3.75. The maximum atomic E-state index is 11.2. The molecular weight excluding hydrogens is 206 g/mol. The highest BCUT2D eigenvalue weighted by Crippen LogP contribution is 2.25. The van der Waals surface area contributed by atoms with E-state index < -0.39 is 16.0 Å². The SMILES string of the molecule is O=C(O)CCS(=O)(=O)NCC1CCC1. The van der Waals surface area contributed by atoms with Crippen LogP contribution in [-0.4, -0.2) is 31.8 Å². The van der Waals surface area contributed by atoms with E-state index in [2.05, 4.69) is 4.72 Å². The van der Waals surface area contributed by atoms with Crippen molar-refractivity contribution >= 4 is 16.0 Å². The van der Waals surface area contributed by atoms with E-state index in [-0.39, 0.29) is 12.2 Å². The highest BCUT2D eigenvalue weighted by atomic mass is 32.2. The fraction of sp³-hybridized carbons (Fsp3) is 0.875. The lowest BCUT2D eigenvalue weighted by Crippen LogP contribution is -2.34. The minimum atomic E-state index is -3.38. The van der Waals surface area contributed by atoms with Gasteiger partial charge in [0.25, 0.3) is 0 Å². The predicted octanol–water partition coefficient (Wildman–Crippen LogP) is 0.181. The molecule has 1 aliphatic rings. The van der Waals surface area contributed by atoms with Crippen LogP contribution in [0.15, 0.2) is 0 Å². The van der Waals surface area contributed by atoms with Crippen LogP contribution in [0.5, 0.6) is 0 Å². The first-order valence-electron chi connectivity index (χ1n) is 4.69. The quantitative estimate of drug-likeness (QED) is 0.670. The first-order valence-corrected chi connectivity index (χ1v) is 6.34. The van der Waals surface area contributed by atoms with Crippen LogP contribution in [0.2, 0.25) is 0 Å². The Kier molecular flexibility index (Phi) is 3.88. The largest absolute Gasteiger partial charge is 0.481 e. The molecule has 2 N–H and O–H groups in total. The standard InChI is InChI=1S/C8H15NO4S/c10-8(11)4-5-14(12,13)9-6-7-2-1-3-7/h7,9H,1-6H2,(H,10,11). The Morgan fingerprint density at radius 3 is 2.50 bits per heavy atom. The number of aliphatic carboxylic acids is 1. The molecule has 0 aromatic rings. The third-order valence-electron chi connectivity index (χ3n) is 2.40. The molecule has 0 radical (unpaired) electrons. The molecule has 0 atom stereocenters. The normalized spacial score (nSPS) is 17.7. The molecule has 1 saturated carbocycles. The van der Waals surface area contributed by atoms with Gasteiger partial charge in [-0.25, -0.2) is 13.1 Å². The van der Waals surface area contributed by atoms with Crippen molar-refractivity contribution in [2.45, 2.75) is 25.7 Å². The second kappa shape index (κ2) is 4.75. The predicted molar refractivity (Wildman–Crippen MR) is 51.4 cm³/mol. The maximum Gasteiger partial charge on any atom is 0.304 e. The van der Waals surface area contributed by atoms with E-state index in [4.69, 9.17) is 5.11 Å². The molecular formula is C8H15NO4S. The molecule has 0 saturated heterocycles. The van der Waals surface area contributed by atoms with Crippen molar-refractivity contribution in [3.8, 4) is 0 Å². The Bertz CT molecular complexity index is 294. The van der Waals surface area contributed by atoms with Gasteiger partial charge in [0.2, 0.25) is 10.0 Å². The molecule has 0 aromatic carbocycles. The average Bonchev–Trinajstić information content (AvgIpc) is 1.98. The molecule has 0 aromatic heterocycles. The minimum Gasteiger partial charge on any atom is -0.481 e. The monoisotopic (exact) mass is 221 g/mol. The smallest absolute Gasteiger partial charge is 0.304 e. The summed E-state index contributed by atoms with van der Waals surface area (Å²) in [6.45, 7) is 0.460. The van der Waals surface area contributed by atoms with Gasteiger partial charge in [-0.2, -0.15) is 0 Å². The van der Waals surface area contributed by atoms with Crippen LogP contribution in [0, 0.1) is 5.92 Å². The molecule has 5 nitrogen and oxygen atoms in total. The highest BCUT2D eigenvalue weighted by molar-refractivity contribution is 7.89. The Labute approximate surface area is 83.6 Å². The number of rotatable bonds is 6. The lowest BCUT2D eigenvalue weighted by atomic mass is 9.86. The topological polar surface area (TPSA) is 83.5 Å². The third kappa shape index (κ3) is 4.06. The molecule has 1 aliphatic carbocycles. The van der Waals surface area contributed by atoms with Crippen LogP contribution in [0.25, 0.3) is 0 Å². The van der Waals surface area contributed by atoms with E-state index in [9.17, 15) is 13.2 Å². The summed E-state index contributed by atoms with van der Waals surface area (Å²) >= 11 is 0. The van der Waals surface area contributed by atoms with Gasteiger partial charge < -0.3 is 5.11 Å². The molecule has 1 rings (SSSR count). The number of carboxylic acid groups (broad SMARTS) is 1. The summed E-state index contributed by atoms with van der Waals surface area (Å²) in [6.07, 6.45) is 2.98. The van der Waals surface area contributed by atoms with Crippen LogP contribution in [0.3, 0.4) is 0 Å². The molecule has 82 valence electrons. The van der Waals surface area contributed by atoms with Crippen molar-refractivity contribution in [1.29, 1.82) is 0 Å². The summed E-state index contributed by atoms with van der Waals surface area (Å²) in [5, 5.41) is 8.32. The zero-order valence-electron chi connectivity index (χ0n) is 7.90. The van der Waals surface area contributed by atoms with Crippen LogP contribution < -0.4 is 4.72 Å². The van der Waals surface area contributed by atoms with Gasteiger partial charge in [0.15, 0.2) is 0 Å². The number of hydrogen-bond donors (Lipinski definition) is 2. The lowest BCUT2D eigenvalue weighted by Gasteiger charge is -2.25. The van der Waals surface area contributed by atoms with Gasteiger partial charge >= 0.3 is 5.97 Å². The Balaban J connectivity index is 2.22. The van der Waals surface area contributed by atoms with Crippen molar-refractivity contribution in [2.75, 3.05) is 12.3 Å². The number of carboxylic acids is 1. The summed E-state index contributed by atoms with van der Waals surface area (Å²) in [6, 6.07) is 0. The molecule has 0 bridgehead atoms. The molecule has 0 spiro atoms.